The number of allylic oxidation sites excluding steroid dienone is 1. The van der Waals surface area contributed by atoms with E-state index in [0.717, 1.165) is 17.5 Å². The predicted molar refractivity (Wildman–Crippen MR) is 136 cm³/mol. The van der Waals surface area contributed by atoms with E-state index in [1.54, 1.807) is 11.8 Å². The highest BCUT2D eigenvalue weighted by Gasteiger charge is 2.49. The highest BCUT2D eigenvalue weighted by Crippen LogP contribution is 2.63. The number of nitrogens with two attached hydrogens (primary N) is 1. The summed E-state index contributed by atoms with van der Waals surface area (Å²) in [4.78, 5) is 5.88. The lowest BCUT2D eigenvalue weighted by molar-refractivity contribution is 0.320. The summed E-state index contributed by atoms with van der Waals surface area (Å²) in [6, 6.07) is 22.1. The minimum absolute atomic E-state index is 0.233. The number of nitrogens with zero attached hydrogens (tertiary/aromatic N) is 1. The average molecular weight is 453 g/mol. The molecule has 0 spiro atoms. The van der Waals surface area contributed by atoms with Crippen molar-refractivity contribution in [3.05, 3.63) is 77.9 Å². The zero-order valence-electron chi connectivity index (χ0n) is 17.1. The van der Waals surface area contributed by atoms with Gasteiger partial charge in [-0.3, -0.25) is 4.99 Å². The van der Waals surface area contributed by atoms with Gasteiger partial charge in [-0.25, -0.2) is 0 Å². The number of hydrogen-bond donors (Lipinski definition) is 1. The van der Waals surface area contributed by atoms with E-state index in [9.17, 15) is 0 Å². The molecule has 0 aromatic heterocycles. The smallest absolute Gasteiger partial charge is 0.154 e. The topological polar surface area (TPSA) is 38.4 Å². The Kier molecular flexibility index (Phi) is 6.22. The maximum absolute atomic E-state index is 5.95. The fourth-order valence-corrected chi connectivity index (χ4v) is 9.62. The Morgan fingerprint density at radius 1 is 1.03 bits per heavy atom. The van der Waals surface area contributed by atoms with Crippen LogP contribution in [0.4, 0.5) is 0 Å². The third kappa shape index (κ3) is 4.21. The van der Waals surface area contributed by atoms with Crippen molar-refractivity contribution in [2.24, 2.45) is 16.6 Å². The number of rotatable bonds is 5. The van der Waals surface area contributed by atoms with Crippen LogP contribution in [-0.2, 0) is 0 Å². The van der Waals surface area contributed by atoms with E-state index in [1.165, 1.54) is 41.7 Å². The highest BCUT2D eigenvalue weighted by atomic mass is 32.2. The maximum atomic E-state index is 5.95. The molecule has 2 aliphatic heterocycles. The third-order valence-corrected chi connectivity index (χ3v) is 11.2. The van der Waals surface area contributed by atoms with Gasteiger partial charge < -0.3 is 5.73 Å². The molecule has 2 nitrogen and oxygen atoms in total. The molecule has 0 amide bonds. The number of aliphatic imine (C=N–C) groups is 1. The first-order valence-electron chi connectivity index (χ1n) is 10.9. The van der Waals surface area contributed by atoms with Crippen molar-refractivity contribution < 1.29 is 0 Å². The Balaban J connectivity index is 1.50. The fourth-order valence-electron chi connectivity index (χ4n) is 4.95. The summed E-state index contributed by atoms with van der Waals surface area (Å²) in [5.74, 6) is 2.27. The summed E-state index contributed by atoms with van der Waals surface area (Å²) in [6.07, 6.45) is 7.84. The molecule has 1 saturated carbocycles. The van der Waals surface area contributed by atoms with E-state index in [1.807, 2.05) is 0 Å². The van der Waals surface area contributed by atoms with Crippen molar-refractivity contribution in [1.82, 2.24) is 0 Å². The van der Waals surface area contributed by atoms with E-state index in [2.05, 4.69) is 95.3 Å². The first-order chi connectivity index (χ1) is 14.7. The molecule has 2 aromatic carbocycles. The zero-order valence-corrected chi connectivity index (χ0v) is 19.5. The van der Waals surface area contributed by atoms with E-state index < -0.39 is 0 Å². The van der Waals surface area contributed by atoms with Crippen molar-refractivity contribution in [1.29, 1.82) is 0 Å². The molecule has 156 valence electrons. The lowest BCUT2D eigenvalue weighted by Gasteiger charge is -2.50. The lowest BCUT2D eigenvalue weighted by atomic mass is 9.75. The Labute approximate surface area is 192 Å². The summed E-state index contributed by atoms with van der Waals surface area (Å²) < 4.78 is 0.233. The van der Waals surface area contributed by atoms with Gasteiger partial charge in [-0.15, -0.1) is 23.5 Å². The molecule has 4 atom stereocenters. The first kappa shape index (κ1) is 20.6. The number of hydrogen-bond acceptors (Lipinski definition) is 5. The van der Waals surface area contributed by atoms with Gasteiger partial charge in [0.15, 0.2) is 5.17 Å². The fraction of sp³-hybridized carbons (Fsp3) is 0.400. The number of benzene rings is 2. The van der Waals surface area contributed by atoms with Gasteiger partial charge in [-0.1, -0.05) is 91.3 Å². The Hall–Kier alpha value is -1.30. The van der Waals surface area contributed by atoms with Crippen LogP contribution >= 0.6 is 35.3 Å². The molecule has 3 aliphatic rings. The third-order valence-electron chi connectivity index (χ3n) is 6.40. The number of thioether (sulfide) groups is 3. The van der Waals surface area contributed by atoms with Gasteiger partial charge in [-0.05, 0) is 29.9 Å². The van der Waals surface area contributed by atoms with Crippen molar-refractivity contribution in [3.8, 4) is 0 Å². The first-order valence-corrected chi connectivity index (χ1v) is 13.5. The van der Waals surface area contributed by atoms with Gasteiger partial charge in [0.25, 0.3) is 0 Å². The van der Waals surface area contributed by atoms with Crippen LogP contribution in [0.5, 0.6) is 0 Å². The van der Waals surface area contributed by atoms with Crippen LogP contribution in [0.1, 0.15) is 42.7 Å². The van der Waals surface area contributed by atoms with Gasteiger partial charge in [0.1, 0.15) is 0 Å². The molecular weight excluding hydrogens is 424 g/mol. The lowest BCUT2D eigenvalue weighted by Crippen LogP contribution is -2.41. The molecule has 5 rings (SSSR count). The molecule has 0 radical (unpaired) electrons. The molecule has 2 aromatic rings. The standard InChI is InChI=1S/C25H28N2S3/c26-24-27-16-20(29-24)17-28-25-14-8-7-13-22(25)21(18-9-3-1-4-10-18)15-23(30-25)19-11-5-2-6-12-19/h1-6,9-12,15,20-22H,7-8,13-14,16-17H2,(H2,26,27)/t20-,21+,22+,25+/m1/s1. The summed E-state index contributed by atoms with van der Waals surface area (Å²) in [7, 11) is 0. The van der Waals surface area contributed by atoms with Crippen LogP contribution < -0.4 is 5.73 Å². The molecule has 0 saturated heterocycles. The largest absolute Gasteiger partial charge is 0.379 e. The van der Waals surface area contributed by atoms with Crippen molar-refractivity contribution in [2.75, 3.05) is 12.3 Å². The molecule has 30 heavy (non-hydrogen) atoms. The van der Waals surface area contributed by atoms with Crippen molar-refractivity contribution >= 4 is 45.4 Å². The van der Waals surface area contributed by atoms with Gasteiger partial charge in [0.2, 0.25) is 0 Å². The van der Waals surface area contributed by atoms with Crippen LogP contribution in [0.15, 0.2) is 71.7 Å². The maximum Gasteiger partial charge on any atom is 0.154 e. The predicted octanol–water partition coefficient (Wildman–Crippen LogP) is 6.61. The Morgan fingerprint density at radius 3 is 2.53 bits per heavy atom. The zero-order chi connectivity index (χ0) is 20.4. The summed E-state index contributed by atoms with van der Waals surface area (Å²) >= 11 is 6.11. The van der Waals surface area contributed by atoms with E-state index >= 15 is 0 Å². The van der Waals surface area contributed by atoms with Crippen LogP contribution in [0, 0.1) is 5.92 Å². The normalized spacial score (nSPS) is 31.0. The molecule has 5 heteroatoms. The van der Waals surface area contributed by atoms with Crippen LogP contribution in [0.3, 0.4) is 0 Å². The summed E-state index contributed by atoms with van der Waals surface area (Å²) in [5, 5.41) is 1.29. The van der Waals surface area contributed by atoms with E-state index in [4.69, 9.17) is 5.73 Å². The van der Waals surface area contributed by atoms with Crippen LogP contribution in [-0.4, -0.2) is 26.8 Å². The Bertz CT molecular complexity index is 928. The van der Waals surface area contributed by atoms with Gasteiger partial charge in [0, 0.05) is 21.8 Å². The molecule has 0 bridgehead atoms. The SMILES string of the molecule is NC1=NC[C@H](CS[C@]23CCCC[C@H]2[C@H](c2ccccc2)C=C(c2ccccc2)S3)S1. The monoisotopic (exact) mass is 452 g/mol. The number of amidine groups is 1. The molecule has 2 heterocycles. The van der Waals surface area contributed by atoms with E-state index in [-0.39, 0.29) is 4.08 Å². The molecule has 1 fully saturated rings. The number of fused-ring (bicyclic) bond motifs is 1. The highest BCUT2D eigenvalue weighted by molar-refractivity contribution is 8.23. The molecular formula is C25H28N2S3. The van der Waals surface area contributed by atoms with Crippen molar-refractivity contribution in [3.63, 3.8) is 0 Å². The van der Waals surface area contributed by atoms with Gasteiger partial charge in [-0.2, -0.15) is 0 Å². The quantitative estimate of drug-likeness (QED) is 0.554. The average Bonchev–Trinajstić information content (AvgIpc) is 3.23. The minimum atomic E-state index is 0.233. The van der Waals surface area contributed by atoms with E-state index in [0.29, 0.717) is 17.1 Å². The molecule has 1 aliphatic carbocycles. The second-order valence-electron chi connectivity index (χ2n) is 8.33. The van der Waals surface area contributed by atoms with Crippen LogP contribution in [0.25, 0.3) is 4.91 Å². The molecule has 0 unspecified atom stereocenters. The Morgan fingerprint density at radius 2 is 1.80 bits per heavy atom. The second kappa shape index (κ2) is 9.05. The molecule has 2 N–H and O–H groups in total. The van der Waals surface area contributed by atoms with Gasteiger partial charge >= 0.3 is 0 Å². The summed E-state index contributed by atoms with van der Waals surface area (Å²) in [6.45, 7) is 0.873. The second-order valence-corrected chi connectivity index (χ2v) is 12.6. The van der Waals surface area contributed by atoms with Crippen LogP contribution in [0.2, 0.25) is 0 Å². The van der Waals surface area contributed by atoms with Crippen molar-refractivity contribution in [2.45, 2.75) is 40.9 Å². The minimum Gasteiger partial charge on any atom is -0.379 e. The summed E-state index contributed by atoms with van der Waals surface area (Å²) in [5.41, 5.74) is 8.77. The van der Waals surface area contributed by atoms with Gasteiger partial charge in [0.05, 0.1) is 10.6 Å².